The second kappa shape index (κ2) is 3.20. The molecule has 0 aromatic carbocycles. The van der Waals surface area contributed by atoms with Gasteiger partial charge in [0.15, 0.2) is 0 Å². The van der Waals surface area contributed by atoms with Gasteiger partial charge in [0.05, 0.1) is 0 Å². The number of aromatic nitrogens is 4. The molecule has 0 spiro atoms. The van der Waals surface area contributed by atoms with Gasteiger partial charge in [-0.25, -0.2) is 20.8 Å². The summed E-state index contributed by atoms with van der Waals surface area (Å²) in [5, 5.41) is 0. The van der Waals surface area contributed by atoms with E-state index >= 15 is 0 Å². The monoisotopic (exact) mass is 176 g/mol. The molecule has 0 atom stereocenters. The highest BCUT2D eigenvalue weighted by atomic mass is 15.3. The summed E-state index contributed by atoms with van der Waals surface area (Å²) in [5.41, 5.74) is 2.44. The van der Waals surface area contributed by atoms with Gasteiger partial charge in [-0.3, -0.25) is 4.57 Å². The maximum Gasteiger partial charge on any atom is 0.145 e. The Hall–Kier alpha value is -1.95. The van der Waals surface area contributed by atoms with Gasteiger partial charge in [0.2, 0.25) is 0 Å². The van der Waals surface area contributed by atoms with Crippen LogP contribution < -0.4 is 11.3 Å². The summed E-state index contributed by atoms with van der Waals surface area (Å²) in [7, 11) is 0. The zero-order chi connectivity index (χ0) is 9.10. The Morgan fingerprint density at radius 1 is 1.38 bits per heavy atom. The van der Waals surface area contributed by atoms with Crippen LogP contribution in [0, 0.1) is 0 Å². The topological polar surface area (TPSA) is 81.6 Å². The zero-order valence-electron chi connectivity index (χ0n) is 6.75. The Labute approximate surface area is 74.4 Å². The molecule has 3 N–H and O–H groups in total. The maximum absolute atomic E-state index is 5.21. The average Bonchev–Trinajstić information content (AvgIpc) is 2.71. The van der Waals surface area contributed by atoms with Crippen LogP contribution in [-0.2, 0) is 0 Å². The van der Waals surface area contributed by atoms with Gasteiger partial charge in [-0.1, -0.05) is 0 Å². The van der Waals surface area contributed by atoms with E-state index in [-0.39, 0.29) is 0 Å². The van der Waals surface area contributed by atoms with Crippen molar-refractivity contribution >= 4 is 5.82 Å². The van der Waals surface area contributed by atoms with Crippen LogP contribution in [0.4, 0.5) is 5.82 Å². The number of nitrogens with two attached hydrogens (primary N) is 1. The van der Waals surface area contributed by atoms with Gasteiger partial charge in [0.1, 0.15) is 24.3 Å². The molecule has 6 nitrogen and oxygen atoms in total. The van der Waals surface area contributed by atoms with Crippen molar-refractivity contribution in [1.82, 2.24) is 19.5 Å². The number of rotatable bonds is 2. The number of nitrogen functional groups attached to an aromatic ring is 1. The molecule has 0 bridgehead atoms. The molecule has 0 saturated heterocycles. The number of nitrogens with one attached hydrogen (secondary N) is 1. The summed E-state index contributed by atoms with van der Waals surface area (Å²) < 4.78 is 1.77. The van der Waals surface area contributed by atoms with E-state index < -0.39 is 0 Å². The molecule has 66 valence electrons. The summed E-state index contributed by atoms with van der Waals surface area (Å²) in [6.07, 6.45) is 6.56. The lowest BCUT2D eigenvalue weighted by Gasteiger charge is -2.02. The van der Waals surface area contributed by atoms with Gasteiger partial charge >= 0.3 is 0 Å². The third-order valence-electron chi connectivity index (χ3n) is 1.57. The number of nitrogens with zero attached hydrogens (tertiary/aromatic N) is 4. The molecule has 6 heteroatoms. The summed E-state index contributed by atoms with van der Waals surface area (Å²) in [5.74, 6) is 6.50. The van der Waals surface area contributed by atoms with Gasteiger partial charge in [0.25, 0.3) is 0 Å². The van der Waals surface area contributed by atoms with E-state index in [0.29, 0.717) is 5.82 Å². The molecule has 0 amide bonds. The molecular weight excluding hydrogens is 168 g/mol. The maximum atomic E-state index is 5.21. The minimum Gasteiger partial charge on any atom is -0.308 e. The van der Waals surface area contributed by atoms with E-state index in [1.54, 1.807) is 29.4 Å². The summed E-state index contributed by atoms with van der Waals surface area (Å²) >= 11 is 0. The highest BCUT2D eigenvalue weighted by molar-refractivity contribution is 5.38. The van der Waals surface area contributed by atoms with Crippen LogP contribution in [0.25, 0.3) is 5.82 Å². The smallest absolute Gasteiger partial charge is 0.145 e. The van der Waals surface area contributed by atoms with E-state index in [2.05, 4.69) is 20.4 Å². The second-order valence-corrected chi connectivity index (χ2v) is 2.38. The normalized spacial score (nSPS) is 9.92. The van der Waals surface area contributed by atoms with Crippen LogP contribution in [-0.4, -0.2) is 19.5 Å². The Morgan fingerprint density at radius 3 is 3.00 bits per heavy atom. The van der Waals surface area contributed by atoms with Crippen LogP contribution in [0.15, 0.2) is 31.1 Å². The van der Waals surface area contributed by atoms with Gasteiger partial charge < -0.3 is 5.43 Å². The standard InChI is InChI=1S/C7H8N6/c8-12-6-3-7(11-4-10-6)13-2-1-9-5-13/h1-5H,8H2,(H,10,11,12). The minimum atomic E-state index is 0.568. The molecule has 2 heterocycles. The largest absolute Gasteiger partial charge is 0.308 e. The average molecular weight is 176 g/mol. The first-order valence-electron chi connectivity index (χ1n) is 3.67. The zero-order valence-corrected chi connectivity index (χ0v) is 6.75. The van der Waals surface area contributed by atoms with E-state index in [0.717, 1.165) is 5.82 Å². The fourth-order valence-corrected chi connectivity index (χ4v) is 0.962. The van der Waals surface area contributed by atoms with Gasteiger partial charge in [-0.2, -0.15) is 0 Å². The SMILES string of the molecule is NNc1cc(-n2ccnc2)ncn1. The van der Waals surface area contributed by atoms with Crippen LogP contribution in [0.5, 0.6) is 0 Å². The lowest BCUT2D eigenvalue weighted by atomic mass is 10.5. The van der Waals surface area contributed by atoms with Crippen molar-refractivity contribution in [2.24, 2.45) is 5.84 Å². The predicted octanol–water partition coefficient (Wildman–Crippen LogP) is -0.0521. The van der Waals surface area contributed by atoms with E-state index in [4.69, 9.17) is 5.84 Å². The lowest BCUT2D eigenvalue weighted by molar-refractivity contribution is 0.969. The van der Waals surface area contributed by atoms with E-state index in [9.17, 15) is 0 Å². The van der Waals surface area contributed by atoms with Crippen molar-refractivity contribution in [1.29, 1.82) is 0 Å². The highest BCUT2D eigenvalue weighted by Gasteiger charge is 1.97. The number of hydrogen-bond acceptors (Lipinski definition) is 5. The second-order valence-electron chi connectivity index (χ2n) is 2.38. The highest BCUT2D eigenvalue weighted by Crippen LogP contribution is 2.06. The Balaban J connectivity index is 2.41. The summed E-state index contributed by atoms with van der Waals surface area (Å²) in [6, 6.07) is 1.72. The van der Waals surface area contributed by atoms with Gasteiger partial charge in [0, 0.05) is 18.5 Å². The molecule has 0 aliphatic rings. The first-order valence-corrected chi connectivity index (χ1v) is 3.67. The molecule has 0 saturated carbocycles. The van der Waals surface area contributed by atoms with Crippen LogP contribution in [0.3, 0.4) is 0 Å². The number of imidazole rings is 1. The fourth-order valence-electron chi connectivity index (χ4n) is 0.962. The molecule has 13 heavy (non-hydrogen) atoms. The molecule has 2 aromatic heterocycles. The van der Waals surface area contributed by atoms with Crippen molar-refractivity contribution in [2.75, 3.05) is 5.43 Å². The quantitative estimate of drug-likeness (QED) is 0.495. The van der Waals surface area contributed by atoms with Crippen LogP contribution >= 0.6 is 0 Å². The van der Waals surface area contributed by atoms with Gasteiger partial charge in [-0.15, -0.1) is 0 Å². The third kappa shape index (κ3) is 1.47. The molecule has 0 fully saturated rings. The van der Waals surface area contributed by atoms with Gasteiger partial charge in [-0.05, 0) is 0 Å². The number of hydrogen-bond donors (Lipinski definition) is 2. The van der Waals surface area contributed by atoms with Crippen molar-refractivity contribution in [3.63, 3.8) is 0 Å². The molecule has 0 unspecified atom stereocenters. The van der Waals surface area contributed by atoms with Crippen molar-refractivity contribution in [2.45, 2.75) is 0 Å². The number of hydrazine groups is 1. The van der Waals surface area contributed by atoms with E-state index in [1.165, 1.54) is 6.33 Å². The molecule has 2 aromatic rings. The molecule has 0 aliphatic heterocycles. The van der Waals surface area contributed by atoms with Crippen LogP contribution in [0.2, 0.25) is 0 Å². The summed E-state index contributed by atoms with van der Waals surface area (Å²) in [6.45, 7) is 0. The van der Waals surface area contributed by atoms with E-state index in [1.807, 2.05) is 0 Å². The Kier molecular flexibility index (Phi) is 1.89. The molecular formula is C7H8N6. The third-order valence-corrected chi connectivity index (χ3v) is 1.57. The van der Waals surface area contributed by atoms with Crippen molar-refractivity contribution in [3.05, 3.63) is 31.1 Å². The Bertz CT molecular complexity index is 382. The van der Waals surface area contributed by atoms with Crippen molar-refractivity contribution < 1.29 is 0 Å². The Morgan fingerprint density at radius 2 is 2.31 bits per heavy atom. The fraction of sp³-hybridized carbons (Fsp3) is 0. The minimum absolute atomic E-state index is 0.568. The lowest BCUT2D eigenvalue weighted by Crippen LogP contribution is -2.09. The van der Waals surface area contributed by atoms with Crippen molar-refractivity contribution in [3.8, 4) is 5.82 Å². The van der Waals surface area contributed by atoms with Crippen LogP contribution in [0.1, 0.15) is 0 Å². The summed E-state index contributed by atoms with van der Waals surface area (Å²) in [4.78, 5) is 11.8. The first-order chi connectivity index (χ1) is 6.40. The first kappa shape index (κ1) is 7.69. The molecule has 0 radical (unpaired) electrons. The predicted molar refractivity (Wildman–Crippen MR) is 47.0 cm³/mol. The molecule has 2 rings (SSSR count). The number of anilines is 1. The molecule has 0 aliphatic carbocycles.